The predicted molar refractivity (Wildman–Crippen MR) is 78.7 cm³/mol. The maximum Gasteiger partial charge on any atom is 0.0231 e. The fourth-order valence-corrected chi connectivity index (χ4v) is 1.94. The molecule has 0 aliphatic heterocycles. The summed E-state index contributed by atoms with van der Waals surface area (Å²) in [7, 11) is 0. The Hall–Kier alpha value is -0.900. The molecule has 2 atom stereocenters. The SMILES string of the molecule is CCCNC(C)CNC(CN)Cc1ccccc1. The zero-order valence-electron chi connectivity index (χ0n) is 11.7. The molecular formula is C15H27N3. The van der Waals surface area contributed by atoms with E-state index in [2.05, 4.69) is 48.7 Å². The second-order valence-corrected chi connectivity index (χ2v) is 4.89. The average Bonchev–Trinajstić information content (AvgIpc) is 2.42. The normalized spacial score (nSPS) is 14.4. The summed E-state index contributed by atoms with van der Waals surface area (Å²) in [6.45, 7) is 7.11. The van der Waals surface area contributed by atoms with Crippen molar-refractivity contribution < 1.29 is 0 Å². The molecule has 3 heteroatoms. The molecule has 0 aromatic heterocycles. The quantitative estimate of drug-likeness (QED) is 0.622. The number of hydrogen-bond acceptors (Lipinski definition) is 3. The number of nitrogens with two attached hydrogens (primary N) is 1. The lowest BCUT2D eigenvalue weighted by atomic mass is 10.1. The molecule has 18 heavy (non-hydrogen) atoms. The highest BCUT2D eigenvalue weighted by Gasteiger charge is 2.08. The summed E-state index contributed by atoms with van der Waals surface area (Å²) in [5.41, 5.74) is 7.17. The molecule has 0 fully saturated rings. The Morgan fingerprint density at radius 1 is 1.17 bits per heavy atom. The summed E-state index contributed by atoms with van der Waals surface area (Å²) in [5, 5.41) is 7.01. The van der Waals surface area contributed by atoms with Gasteiger partial charge < -0.3 is 16.4 Å². The molecule has 0 aliphatic carbocycles. The minimum Gasteiger partial charge on any atom is -0.329 e. The third-order valence-electron chi connectivity index (χ3n) is 3.06. The Balaban J connectivity index is 2.29. The van der Waals surface area contributed by atoms with Crippen LogP contribution in [0.15, 0.2) is 30.3 Å². The molecule has 3 nitrogen and oxygen atoms in total. The Labute approximate surface area is 111 Å². The van der Waals surface area contributed by atoms with Gasteiger partial charge in [0.15, 0.2) is 0 Å². The average molecular weight is 249 g/mol. The number of nitrogens with one attached hydrogen (secondary N) is 2. The van der Waals surface area contributed by atoms with Gasteiger partial charge in [0, 0.05) is 25.2 Å². The molecule has 1 aromatic carbocycles. The Kier molecular flexibility index (Phi) is 7.65. The highest BCUT2D eigenvalue weighted by atomic mass is 15.0. The molecule has 2 unspecified atom stereocenters. The standard InChI is InChI=1S/C15H27N3/c1-3-9-17-13(2)12-18-15(11-16)10-14-7-5-4-6-8-14/h4-8,13,15,17-18H,3,9-12,16H2,1-2H3. The van der Waals surface area contributed by atoms with Crippen LogP contribution in [0, 0.1) is 0 Å². The Morgan fingerprint density at radius 2 is 1.89 bits per heavy atom. The summed E-state index contributed by atoms with van der Waals surface area (Å²) < 4.78 is 0. The first-order valence-electron chi connectivity index (χ1n) is 6.97. The maximum absolute atomic E-state index is 5.82. The van der Waals surface area contributed by atoms with Crippen LogP contribution in [0.1, 0.15) is 25.8 Å². The van der Waals surface area contributed by atoms with Crippen LogP contribution in [0.2, 0.25) is 0 Å². The largest absolute Gasteiger partial charge is 0.329 e. The Morgan fingerprint density at radius 3 is 2.50 bits per heavy atom. The molecule has 0 saturated carbocycles. The van der Waals surface area contributed by atoms with E-state index in [0.29, 0.717) is 18.6 Å². The van der Waals surface area contributed by atoms with E-state index in [9.17, 15) is 0 Å². The van der Waals surface area contributed by atoms with Gasteiger partial charge in [0.25, 0.3) is 0 Å². The van der Waals surface area contributed by atoms with Crippen LogP contribution >= 0.6 is 0 Å². The first-order chi connectivity index (χ1) is 8.76. The number of rotatable bonds is 9. The number of hydrogen-bond donors (Lipinski definition) is 3. The second-order valence-electron chi connectivity index (χ2n) is 4.89. The summed E-state index contributed by atoms with van der Waals surface area (Å²) in [4.78, 5) is 0. The van der Waals surface area contributed by atoms with E-state index in [1.165, 1.54) is 12.0 Å². The molecule has 0 aliphatic rings. The third kappa shape index (κ3) is 6.15. The molecule has 1 rings (SSSR count). The number of benzene rings is 1. The molecule has 0 spiro atoms. The van der Waals surface area contributed by atoms with E-state index >= 15 is 0 Å². The van der Waals surface area contributed by atoms with Gasteiger partial charge in [-0.3, -0.25) is 0 Å². The van der Waals surface area contributed by atoms with Gasteiger partial charge in [-0.1, -0.05) is 37.3 Å². The van der Waals surface area contributed by atoms with Gasteiger partial charge in [-0.2, -0.15) is 0 Å². The van der Waals surface area contributed by atoms with E-state index in [4.69, 9.17) is 5.73 Å². The maximum atomic E-state index is 5.82. The fourth-order valence-electron chi connectivity index (χ4n) is 1.94. The third-order valence-corrected chi connectivity index (χ3v) is 3.06. The van der Waals surface area contributed by atoms with Gasteiger partial charge in [0.2, 0.25) is 0 Å². The summed E-state index contributed by atoms with van der Waals surface area (Å²) >= 11 is 0. The van der Waals surface area contributed by atoms with E-state index in [0.717, 1.165) is 19.5 Å². The van der Waals surface area contributed by atoms with Crippen LogP contribution in [0.5, 0.6) is 0 Å². The fraction of sp³-hybridized carbons (Fsp3) is 0.600. The summed E-state index contributed by atoms with van der Waals surface area (Å²) in [5.74, 6) is 0. The lowest BCUT2D eigenvalue weighted by Crippen LogP contribution is -2.45. The van der Waals surface area contributed by atoms with Gasteiger partial charge in [0.1, 0.15) is 0 Å². The van der Waals surface area contributed by atoms with Crippen LogP contribution in [-0.4, -0.2) is 31.7 Å². The topological polar surface area (TPSA) is 50.1 Å². The van der Waals surface area contributed by atoms with Crippen molar-refractivity contribution in [3.8, 4) is 0 Å². The van der Waals surface area contributed by atoms with Gasteiger partial charge in [-0.15, -0.1) is 0 Å². The monoisotopic (exact) mass is 249 g/mol. The van der Waals surface area contributed by atoms with Crippen molar-refractivity contribution in [3.05, 3.63) is 35.9 Å². The van der Waals surface area contributed by atoms with E-state index in [-0.39, 0.29) is 0 Å². The molecule has 102 valence electrons. The van der Waals surface area contributed by atoms with Gasteiger partial charge in [0.05, 0.1) is 0 Å². The van der Waals surface area contributed by atoms with Gasteiger partial charge in [-0.25, -0.2) is 0 Å². The van der Waals surface area contributed by atoms with Crippen molar-refractivity contribution >= 4 is 0 Å². The molecule has 0 saturated heterocycles. The van der Waals surface area contributed by atoms with Crippen molar-refractivity contribution in [1.82, 2.24) is 10.6 Å². The van der Waals surface area contributed by atoms with E-state index < -0.39 is 0 Å². The molecule has 1 aromatic rings. The van der Waals surface area contributed by atoms with Crippen LogP contribution in [-0.2, 0) is 6.42 Å². The highest BCUT2D eigenvalue weighted by Crippen LogP contribution is 2.02. The van der Waals surface area contributed by atoms with Crippen molar-refractivity contribution in [2.45, 2.75) is 38.8 Å². The minimum atomic E-state index is 0.360. The van der Waals surface area contributed by atoms with E-state index in [1.807, 2.05) is 6.07 Å². The molecule has 4 N–H and O–H groups in total. The van der Waals surface area contributed by atoms with Crippen molar-refractivity contribution in [2.24, 2.45) is 5.73 Å². The highest BCUT2D eigenvalue weighted by molar-refractivity contribution is 5.15. The van der Waals surface area contributed by atoms with Crippen LogP contribution in [0.3, 0.4) is 0 Å². The smallest absolute Gasteiger partial charge is 0.0231 e. The van der Waals surface area contributed by atoms with Gasteiger partial charge >= 0.3 is 0 Å². The first kappa shape index (κ1) is 15.2. The lowest BCUT2D eigenvalue weighted by molar-refractivity contribution is 0.447. The summed E-state index contributed by atoms with van der Waals surface area (Å²) in [6.07, 6.45) is 2.17. The Bertz CT molecular complexity index is 300. The molecule has 0 heterocycles. The molecular weight excluding hydrogens is 222 g/mol. The van der Waals surface area contributed by atoms with Crippen LogP contribution in [0.4, 0.5) is 0 Å². The lowest BCUT2D eigenvalue weighted by Gasteiger charge is -2.20. The zero-order chi connectivity index (χ0) is 13.2. The first-order valence-corrected chi connectivity index (χ1v) is 6.97. The van der Waals surface area contributed by atoms with Crippen molar-refractivity contribution in [3.63, 3.8) is 0 Å². The van der Waals surface area contributed by atoms with Crippen LogP contribution in [0.25, 0.3) is 0 Å². The van der Waals surface area contributed by atoms with Crippen molar-refractivity contribution in [2.75, 3.05) is 19.6 Å². The zero-order valence-corrected chi connectivity index (χ0v) is 11.7. The predicted octanol–water partition coefficient (Wildman–Crippen LogP) is 1.53. The van der Waals surface area contributed by atoms with E-state index in [1.54, 1.807) is 0 Å². The minimum absolute atomic E-state index is 0.360. The van der Waals surface area contributed by atoms with Crippen molar-refractivity contribution in [1.29, 1.82) is 0 Å². The summed E-state index contributed by atoms with van der Waals surface area (Å²) in [6, 6.07) is 11.4. The molecule has 0 bridgehead atoms. The van der Waals surface area contributed by atoms with Crippen LogP contribution < -0.4 is 16.4 Å². The molecule has 0 radical (unpaired) electrons. The second kappa shape index (κ2) is 9.09. The molecule has 0 amide bonds. The van der Waals surface area contributed by atoms with Gasteiger partial charge in [-0.05, 0) is 31.9 Å².